The molecule has 0 radical (unpaired) electrons. The molecular weight excluding hydrogens is 245 g/mol. The Labute approximate surface area is 100 Å². The van der Waals surface area contributed by atoms with Gasteiger partial charge in [-0.1, -0.05) is 0 Å². The van der Waals surface area contributed by atoms with Crippen LogP contribution < -0.4 is 5.32 Å². The van der Waals surface area contributed by atoms with Crippen molar-refractivity contribution in [2.24, 2.45) is 0 Å². The summed E-state index contributed by atoms with van der Waals surface area (Å²) in [7, 11) is 0. The molecular formula is C12H7F3N2O. The molecule has 1 aromatic heterocycles. The van der Waals surface area contributed by atoms with Gasteiger partial charge in [-0.25, -0.2) is 13.8 Å². The lowest BCUT2D eigenvalue weighted by atomic mass is 10.2. The molecule has 1 amide bonds. The van der Waals surface area contributed by atoms with Crippen LogP contribution in [0.25, 0.3) is 0 Å². The quantitative estimate of drug-likeness (QED) is 0.835. The predicted octanol–water partition coefficient (Wildman–Crippen LogP) is 2.75. The summed E-state index contributed by atoms with van der Waals surface area (Å²) in [4.78, 5) is 14.7. The molecule has 0 aliphatic heterocycles. The van der Waals surface area contributed by atoms with Crippen LogP contribution in [-0.4, -0.2) is 10.9 Å². The van der Waals surface area contributed by atoms with E-state index in [0.717, 1.165) is 24.4 Å². The Hall–Kier alpha value is -2.37. The molecule has 0 bridgehead atoms. The number of aromatic nitrogens is 1. The van der Waals surface area contributed by atoms with Crippen LogP contribution in [0.2, 0.25) is 0 Å². The van der Waals surface area contributed by atoms with Crippen LogP contribution in [0.4, 0.5) is 18.9 Å². The first-order valence-corrected chi connectivity index (χ1v) is 4.95. The van der Waals surface area contributed by atoms with Gasteiger partial charge in [0.25, 0.3) is 5.91 Å². The molecule has 0 saturated heterocycles. The second-order valence-electron chi connectivity index (χ2n) is 3.42. The lowest BCUT2D eigenvalue weighted by molar-refractivity contribution is 0.102. The third-order valence-electron chi connectivity index (χ3n) is 2.19. The molecule has 1 aromatic carbocycles. The van der Waals surface area contributed by atoms with Gasteiger partial charge in [0.2, 0.25) is 5.95 Å². The number of carbonyl (C=O) groups is 1. The first-order chi connectivity index (χ1) is 8.58. The second kappa shape index (κ2) is 4.87. The topological polar surface area (TPSA) is 42.0 Å². The fraction of sp³-hybridized carbons (Fsp3) is 0. The molecule has 6 heteroatoms. The minimum Gasteiger partial charge on any atom is -0.322 e. The van der Waals surface area contributed by atoms with Crippen LogP contribution in [-0.2, 0) is 0 Å². The number of nitrogens with zero attached hydrogens (tertiary/aromatic N) is 1. The van der Waals surface area contributed by atoms with Gasteiger partial charge in [0.1, 0.15) is 5.82 Å². The van der Waals surface area contributed by atoms with Crippen molar-refractivity contribution in [3.63, 3.8) is 0 Å². The molecule has 0 aliphatic rings. The largest absolute Gasteiger partial charge is 0.322 e. The maximum atomic E-state index is 13.3. The zero-order valence-electron chi connectivity index (χ0n) is 8.95. The van der Waals surface area contributed by atoms with Gasteiger partial charge >= 0.3 is 0 Å². The van der Waals surface area contributed by atoms with Gasteiger partial charge in [-0.2, -0.15) is 4.39 Å². The molecule has 0 spiro atoms. The lowest BCUT2D eigenvalue weighted by Crippen LogP contribution is -2.15. The first-order valence-electron chi connectivity index (χ1n) is 4.95. The van der Waals surface area contributed by atoms with E-state index in [2.05, 4.69) is 10.3 Å². The summed E-state index contributed by atoms with van der Waals surface area (Å²) < 4.78 is 38.7. The van der Waals surface area contributed by atoms with Gasteiger partial charge in [-0.15, -0.1) is 0 Å². The van der Waals surface area contributed by atoms with E-state index in [4.69, 9.17) is 0 Å². The van der Waals surface area contributed by atoms with E-state index in [9.17, 15) is 18.0 Å². The molecule has 0 fully saturated rings. The van der Waals surface area contributed by atoms with Crippen molar-refractivity contribution in [3.8, 4) is 0 Å². The summed E-state index contributed by atoms with van der Waals surface area (Å²) in [6.45, 7) is 0. The van der Waals surface area contributed by atoms with E-state index in [1.165, 1.54) is 12.1 Å². The van der Waals surface area contributed by atoms with Crippen molar-refractivity contribution < 1.29 is 18.0 Å². The van der Waals surface area contributed by atoms with Crippen LogP contribution in [0.5, 0.6) is 0 Å². The summed E-state index contributed by atoms with van der Waals surface area (Å²) in [6, 6.07) is 5.95. The molecule has 1 heterocycles. The summed E-state index contributed by atoms with van der Waals surface area (Å²) in [5, 5.41) is 2.31. The van der Waals surface area contributed by atoms with Gasteiger partial charge in [0, 0.05) is 11.9 Å². The second-order valence-corrected chi connectivity index (χ2v) is 3.42. The standard InChI is InChI=1S/C12H7F3N2O/c13-7-1-3-8(4-2-7)17-12(18)9-5-6-16-11(15)10(9)14/h1-6H,(H,17,18). The number of anilines is 1. The Bertz CT molecular complexity index is 584. The molecule has 0 atom stereocenters. The van der Waals surface area contributed by atoms with Crippen LogP contribution in [0.1, 0.15) is 10.4 Å². The number of rotatable bonds is 2. The third kappa shape index (κ3) is 2.48. The van der Waals surface area contributed by atoms with Gasteiger partial charge in [-0.05, 0) is 30.3 Å². The molecule has 0 saturated carbocycles. The van der Waals surface area contributed by atoms with Gasteiger partial charge in [0.05, 0.1) is 5.56 Å². The molecule has 2 aromatic rings. The summed E-state index contributed by atoms with van der Waals surface area (Å²) >= 11 is 0. The summed E-state index contributed by atoms with van der Waals surface area (Å²) in [5.74, 6) is -3.96. The minimum absolute atomic E-state index is 0.276. The maximum Gasteiger partial charge on any atom is 0.258 e. The van der Waals surface area contributed by atoms with E-state index in [-0.39, 0.29) is 5.69 Å². The Balaban J connectivity index is 2.22. The highest BCUT2D eigenvalue weighted by atomic mass is 19.2. The highest BCUT2D eigenvalue weighted by molar-refractivity contribution is 6.04. The average molecular weight is 252 g/mol. The molecule has 0 unspecified atom stereocenters. The van der Waals surface area contributed by atoms with Crippen molar-refractivity contribution in [1.82, 2.24) is 4.98 Å². The van der Waals surface area contributed by atoms with Crippen molar-refractivity contribution in [2.75, 3.05) is 5.32 Å². The number of hydrogen-bond donors (Lipinski definition) is 1. The fourth-order valence-corrected chi connectivity index (χ4v) is 1.33. The fourth-order valence-electron chi connectivity index (χ4n) is 1.33. The Morgan fingerprint density at radius 1 is 1.06 bits per heavy atom. The van der Waals surface area contributed by atoms with E-state index in [0.29, 0.717) is 0 Å². The van der Waals surface area contributed by atoms with Gasteiger partial charge in [0.15, 0.2) is 5.82 Å². The predicted molar refractivity (Wildman–Crippen MR) is 58.5 cm³/mol. The van der Waals surface area contributed by atoms with Crippen LogP contribution in [0.3, 0.4) is 0 Å². The number of halogens is 3. The summed E-state index contributed by atoms with van der Waals surface area (Å²) in [5.41, 5.74) is -0.190. The van der Waals surface area contributed by atoms with E-state index in [1.54, 1.807) is 0 Å². The summed E-state index contributed by atoms with van der Waals surface area (Å²) in [6.07, 6.45) is 0.984. The van der Waals surface area contributed by atoms with Crippen LogP contribution in [0, 0.1) is 17.6 Å². The maximum absolute atomic E-state index is 13.3. The number of benzene rings is 1. The number of carbonyl (C=O) groups excluding carboxylic acids is 1. The lowest BCUT2D eigenvalue weighted by Gasteiger charge is -2.05. The Kier molecular flexibility index (Phi) is 3.27. The van der Waals surface area contributed by atoms with E-state index < -0.39 is 29.1 Å². The van der Waals surface area contributed by atoms with Gasteiger partial charge < -0.3 is 5.32 Å². The highest BCUT2D eigenvalue weighted by Gasteiger charge is 2.16. The monoisotopic (exact) mass is 252 g/mol. The Morgan fingerprint density at radius 2 is 1.72 bits per heavy atom. The Morgan fingerprint density at radius 3 is 2.39 bits per heavy atom. The van der Waals surface area contributed by atoms with E-state index in [1.807, 2.05) is 0 Å². The number of pyridine rings is 1. The molecule has 2 rings (SSSR count). The van der Waals surface area contributed by atoms with Crippen molar-refractivity contribution in [1.29, 1.82) is 0 Å². The zero-order chi connectivity index (χ0) is 13.1. The number of amides is 1. The van der Waals surface area contributed by atoms with Crippen molar-refractivity contribution >= 4 is 11.6 Å². The minimum atomic E-state index is -1.35. The van der Waals surface area contributed by atoms with Crippen LogP contribution >= 0.6 is 0 Å². The van der Waals surface area contributed by atoms with E-state index >= 15 is 0 Å². The van der Waals surface area contributed by atoms with Crippen LogP contribution in [0.15, 0.2) is 36.5 Å². The molecule has 18 heavy (non-hydrogen) atoms. The molecule has 3 nitrogen and oxygen atoms in total. The third-order valence-corrected chi connectivity index (χ3v) is 2.19. The number of nitrogens with one attached hydrogen (secondary N) is 1. The molecule has 1 N–H and O–H groups in total. The average Bonchev–Trinajstić information content (AvgIpc) is 2.35. The number of hydrogen-bond acceptors (Lipinski definition) is 2. The smallest absolute Gasteiger partial charge is 0.258 e. The van der Waals surface area contributed by atoms with Crippen molar-refractivity contribution in [2.45, 2.75) is 0 Å². The van der Waals surface area contributed by atoms with Gasteiger partial charge in [-0.3, -0.25) is 4.79 Å². The zero-order valence-corrected chi connectivity index (χ0v) is 8.95. The van der Waals surface area contributed by atoms with Crippen molar-refractivity contribution in [3.05, 3.63) is 59.7 Å². The SMILES string of the molecule is O=C(Nc1ccc(F)cc1)c1ccnc(F)c1F. The highest BCUT2D eigenvalue weighted by Crippen LogP contribution is 2.13. The normalized spacial score (nSPS) is 10.2. The molecule has 92 valence electrons. The first kappa shape index (κ1) is 12.1. The molecule has 0 aliphatic carbocycles.